The molecule has 0 heterocycles. The van der Waals surface area contributed by atoms with Crippen LogP contribution in [-0.4, -0.2) is 41.9 Å². The molecule has 0 saturated carbocycles. The van der Waals surface area contributed by atoms with Crippen LogP contribution < -0.4 is 5.32 Å². The van der Waals surface area contributed by atoms with E-state index in [9.17, 15) is 22.8 Å². The van der Waals surface area contributed by atoms with E-state index in [1.807, 2.05) is 19.9 Å². The molecule has 5 nitrogen and oxygen atoms in total. The number of hydrogen-bond acceptors (Lipinski definition) is 3. The van der Waals surface area contributed by atoms with Crippen molar-refractivity contribution in [3.05, 3.63) is 75.9 Å². The van der Waals surface area contributed by atoms with E-state index in [0.717, 1.165) is 27.9 Å². The molecule has 40 heavy (non-hydrogen) atoms. The van der Waals surface area contributed by atoms with Gasteiger partial charge in [0.15, 0.2) is 0 Å². The fraction of sp³-hybridized carbons (Fsp3) is 0.500. The number of halogens is 3. The highest BCUT2D eigenvalue weighted by molar-refractivity contribution is 5.94. The van der Waals surface area contributed by atoms with Gasteiger partial charge in [0.2, 0.25) is 5.91 Å². The van der Waals surface area contributed by atoms with E-state index in [4.69, 9.17) is 9.84 Å². The molecule has 0 spiro atoms. The number of alkyl halides is 3. The van der Waals surface area contributed by atoms with Crippen LogP contribution in [0.15, 0.2) is 64.8 Å². The van der Waals surface area contributed by atoms with Crippen molar-refractivity contribution in [1.29, 1.82) is 0 Å². The average molecular weight is 560 g/mol. The molecule has 0 fully saturated rings. The molecule has 2 aliphatic rings. The van der Waals surface area contributed by atoms with Gasteiger partial charge >= 0.3 is 12.1 Å². The molecular weight excluding hydrogens is 519 g/mol. The average Bonchev–Trinajstić information content (AvgIpc) is 2.85. The van der Waals surface area contributed by atoms with Gasteiger partial charge in [-0.1, -0.05) is 68.8 Å². The summed E-state index contributed by atoms with van der Waals surface area (Å²) in [6.07, 6.45) is -0.120. The fourth-order valence-electron chi connectivity index (χ4n) is 5.21. The van der Waals surface area contributed by atoms with Crippen LogP contribution in [0.2, 0.25) is 0 Å². The first-order valence-corrected chi connectivity index (χ1v) is 13.8. The summed E-state index contributed by atoms with van der Waals surface area (Å²) in [5, 5.41) is 11.3. The predicted octanol–water partition coefficient (Wildman–Crippen LogP) is 7.44. The number of amides is 1. The maximum absolute atomic E-state index is 13.2. The lowest BCUT2D eigenvalue weighted by Gasteiger charge is -2.31. The summed E-state index contributed by atoms with van der Waals surface area (Å²) in [5.74, 6) is -1.37. The zero-order valence-electron chi connectivity index (χ0n) is 24.0. The molecule has 0 radical (unpaired) electrons. The van der Waals surface area contributed by atoms with E-state index in [1.54, 1.807) is 12.2 Å². The van der Waals surface area contributed by atoms with Gasteiger partial charge in [0, 0.05) is 18.5 Å². The Balaban J connectivity index is 1.75. The van der Waals surface area contributed by atoms with Crippen LogP contribution in [0.5, 0.6) is 0 Å². The summed E-state index contributed by atoms with van der Waals surface area (Å²) in [4.78, 5) is 23.0. The van der Waals surface area contributed by atoms with Crippen molar-refractivity contribution in [2.24, 2.45) is 0 Å². The first-order valence-electron chi connectivity index (χ1n) is 13.8. The van der Waals surface area contributed by atoms with E-state index in [2.05, 4.69) is 50.4 Å². The molecule has 3 rings (SSSR count). The Labute approximate surface area is 234 Å². The SMILES string of the molecule is CC1=CC(OC(CCC(F)(F)F)C2=CC=C(C(=O)NCCC(=O)O)CC2)CC(C)=C1c1ccc(C(C)(C)C)cc1. The lowest BCUT2D eigenvalue weighted by atomic mass is 9.83. The second-order valence-electron chi connectivity index (χ2n) is 11.7. The second kappa shape index (κ2) is 13.0. The fourth-order valence-corrected chi connectivity index (χ4v) is 5.21. The van der Waals surface area contributed by atoms with Crippen molar-refractivity contribution in [3.8, 4) is 0 Å². The van der Waals surface area contributed by atoms with Gasteiger partial charge in [-0.15, -0.1) is 0 Å². The lowest BCUT2D eigenvalue weighted by molar-refractivity contribution is -0.142. The summed E-state index contributed by atoms with van der Waals surface area (Å²) in [7, 11) is 0. The number of nitrogens with one attached hydrogen (secondary N) is 1. The van der Waals surface area contributed by atoms with Crippen molar-refractivity contribution in [2.45, 2.75) is 96.9 Å². The first kappa shape index (κ1) is 31.4. The number of ether oxygens (including phenoxy) is 1. The van der Waals surface area contributed by atoms with E-state index >= 15 is 0 Å². The predicted molar refractivity (Wildman–Crippen MR) is 151 cm³/mol. The third kappa shape index (κ3) is 8.95. The lowest BCUT2D eigenvalue weighted by Crippen LogP contribution is -2.30. The third-order valence-electron chi connectivity index (χ3n) is 7.34. The van der Waals surface area contributed by atoms with Crippen LogP contribution >= 0.6 is 0 Å². The largest absolute Gasteiger partial charge is 0.481 e. The van der Waals surface area contributed by atoms with Crippen LogP contribution in [-0.2, 0) is 19.7 Å². The van der Waals surface area contributed by atoms with Gasteiger partial charge in [-0.3, -0.25) is 9.59 Å². The van der Waals surface area contributed by atoms with Crippen LogP contribution in [0.3, 0.4) is 0 Å². The number of rotatable bonds is 10. The monoisotopic (exact) mass is 559 g/mol. The van der Waals surface area contributed by atoms with Crippen molar-refractivity contribution in [2.75, 3.05) is 6.54 Å². The number of carbonyl (C=O) groups excluding carboxylic acids is 1. The first-order chi connectivity index (χ1) is 18.6. The van der Waals surface area contributed by atoms with Gasteiger partial charge in [-0.2, -0.15) is 13.2 Å². The highest BCUT2D eigenvalue weighted by Gasteiger charge is 2.32. The van der Waals surface area contributed by atoms with Crippen LogP contribution in [0.4, 0.5) is 13.2 Å². The van der Waals surface area contributed by atoms with Gasteiger partial charge in [0.1, 0.15) is 0 Å². The van der Waals surface area contributed by atoms with E-state index in [-0.39, 0.29) is 36.8 Å². The summed E-state index contributed by atoms with van der Waals surface area (Å²) >= 11 is 0. The van der Waals surface area contributed by atoms with Gasteiger partial charge in [0.25, 0.3) is 0 Å². The minimum Gasteiger partial charge on any atom is -0.481 e. The number of carboxylic acids is 1. The van der Waals surface area contributed by atoms with E-state index in [1.165, 1.54) is 5.56 Å². The third-order valence-corrected chi connectivity index (χ3v) is 7.34. The van der Waals surface area contributed by atoms with Gasteiger partial charge in [0.05, 0.1) is 18.6 Å². The van der Waals surface area contributed by atoms with Gasteiger partial charge in [-0.05, 0) is 72.8 Å². The molecule has 0 bridgehead atoms. The molecule has 1 aromatic rings. The highest BCUT2D eigenvalue weighted by atomic mass is 19.4. The summed E-state index contributed by atoms with van der Waals surface area (Å²) in [6.45, 7) is 10.6. The maximum atomic E-state index is 13.2. The number of carboxylic acid groups (broad SMARTS) is 1. The zero-order valence-corrected chi connectivity index (χ0v) is 24.0. The normalized spacial score (nSPS) is 19.0. The number of benzene rings is 1. The van der Waals surface area contributed by atoms with E-state index in [0.29, 0.717) is 24.8 Å². The van der Waals surface area contributed by atoms with Crippen LogP contribution in [0, 0.1) is 0 Å². The molecule has 8 heteroatoms. The Morgan fingerprint density at radius 2 is 1.75 bits per heavy atom. The van der Waals surface area contributed by atoms with Crippen molar-refractivity contribution in [1.82, 2.24) is 5.32 Å². The van der Waals surface area contributed by atoms with Crippen molar-refractivity contribution < 1.29 is 32.6 Å². The number of aliphatic carboxylic acids is 1. The molecular formula is C32H40F3NO4. The second-order valence-corrected chi connectivity index (χ2v) is 11.7. The van der Waals surface area contributed by atoms with Gasteiger partial charge < -0.3 is 15.2 Å². The van der Waals surface area contributed by atoms with Crippen molar-refractivity contribution >= 4 is 17.4 Å². The molecule has 1 aromatic carbocycles. The number of allylic oxidation sites excluding steroid dienone is 4. The minimum atomic E-state index is -4.30. The minimum absolute atomic E-state index is 0.0162. The highest BCUT2D eigenvalue weighted by Crippen LogP contribution is 2.37. The number of carbonyl (C=O) groups is 2. The molecule has 2 unspecified atom stereocenters. The zero-order chi connectivity index (χ0) is 29.7. The molecule has 0 aliphatic heterocycles. The molecule has 0 aromatic heterocycles. The quantitative estimate of drug-likeness (QED) is 0.312. The van der Waals surface area contributed by atoms with Crippen LogP contribution in [0.1, 0.15) is 84.3 Å². The smallest absolute Gasteiger partial charge is 0.389 e. The van der Waals surface area contributed by atoms with E-state index < -0.39 is 24.7 Å². The molecule has 1 amide bonds. The molecule has 218 valence electrons. The summed E-state index contributed by atoms with van der Waals surface area (Å²) in [5.41, 5.74) is 6.91. The number of hydrogen-bond donors (Lipinski definition) is 2. The Morgan fingerprint density at radius 1 is 1.07 bits per heavy atom. The summed E-state index contributed by atoms with van der Waals surface area (Å²) < 4.78 is 45.8. The van der Waals surface area contributed by atoms with Crippen molar-refractivity contribution in [3.63, 3.8) is 0 Å². The Morgan fingerprint density at radius 3 is 2.27 bits per heavy atom. The maximum Gasteiger partial charge on any atom is 0.389 e. The topological polar surface area (TPSA) is 75.6 Å². The molecule has 2 N–H and O–H groups in total. The Kier molecular flexibility index (Phi) is 10.2. The Bertz CT molecular complexity index is 1210. The standard InChI is InChI=1S/C32H40F3NO4/c1-20-18-26(19-21(2)29(20)23-10-12-25(13-11-23)31(3,4)5)40-27(14-16-32(33,34)35)22-6-8-24(9-7-22)30(39)36-17-15-28(37)38/h6,8,10-13,18,26-27H,7,9,14-17,19H2,1-5H3,(H,36,39)(H,37,38). The molecule has 2 aliphatic carbocycles. The Hall–Kier alpha value is -3.13. The van der Waals surface area contributed by atoms with Crippen LogP contribution in [0.25, 0.3) is 5.57 Å². The molecule has 2 atom stereocenters. The summed E-state index contributed by atoms with van der Waals surface area (Å²) in [6, 6.07) is 8.53. The van der Waals surface area contributed by atoms with Gasteiger partial charge in [-0.25, -0.2) is 0 Å². The molecule has 0 saturated heterocycles.